The van der Waals surface area contributed by atoms with E-state index in [1.807, 2.05) is 24.3 Å². The molecule has 1 atom stereocenters. The maximum absolute atomic E-state index is 11.2. The number of nitrogens with one attached hydrogen (secondary N) is 1. The molecule has 0 bridgehead atoms. The fraction of sp³-hybridized carbons (Fsp3) is 0.300. The van der Waals surface area contributed by atoms with Gasteiger partial charge in [-0.25, -0.2) is 4.79 Å². The monoisotopic (exact) mass is 193 g/mol. The zero-order valence-corrected chi connectivity index (χ0v) is 7.82. The fourth-order valence-electron chi connectivity index (χ4n) is 1.38. The summed E-state index contributed by atoms with van der Waals surface area (Å²) in [6.07, 6.45) is 0. The van der Waals surface area contributed by atoms with Gasteiger partial charge < -0.3 is 14.8 Å². The van der Waals surface area contributed by atoms with Crippen molar-refractivity contribution in [3.05, 3.63) is 24.3 Å². The van der Waals surface area contributed by atoms with Gasteiger partial charge in [-0.1, -0.05) is 12.1 Å². The molecule has 0 aliphatic carbocycles. The second-order valence-electron chi connectivity index (χ2n) is 3.03. The van der Waals surface area contributed by atoms with Gasteiger partial charge in [0.05, 0.1) is 12.8 Å². The number of rotatable bonds is 1. The van der Waals surface area contributed by atoms with Crippen LogP contribution in [0.3, 0.4) is 0 Å². The van der Waals surface area contributed by atoms with Gasteiger partial charge in [0.15, 0.2) is 6.04 Å². The van der Waals surface area contributed by atoms with E-state index in [1.54, 1.807) is 0 Å². The second-order valence-corrected chi connectivity index (χ2v) is 3.03. The predicted octanol–water partition coefficient (Wildman–Crippen LogP) is 1.03. The van der Waals surface area contributed by atoms with E-state index in [4.69, 9.17) is 4.74 Å². The summed E-state index contributed by atoms with van der Waals surface area (Å²) >= 11 is 0. The Morgan fingerprint density at radius 2 is 2.36 bits per heavy atom. The number of methoxy groups -OCH3 is 1. The fourth-order valence-corrected chi connectivity index (χ4v) is 1.38. The van der Waals surface area contributed by atoms with E-state index in [-0.39, 0.29) is 5.97 Å². The van der Waals surface area contributed by atoms with Crippen molar-refractivity contribution in [2.45, 2.75) is 6.04 Å². The maximum Gasteiger partial charge on any atom is 0.331 e. The van der Waals surface area contributed by atoms with Gasteiger partial charge in [-0.15, -0.1) is 0 Å². The van der Waals surface area contributed by atoms with Crippen molar-refractivity contribution in [1.82, 2.24) is 0 Å². The van der Waals surface area contributed by atoms with Gasteiger partial charge >= 0.3 is 5.97 Å². The van der Waals surface area contributed by atoms with Crippen LogP contribution < -0.4 is 10.1 Å². The van der Waals surface area contributed by atoms with Crippen molar-refractivity contribution in [3.8, 4) is 5.75 Å². The van der Waals surface area contributed by atoms with Crippen LogP contribution in [0.25, 0.3) is 0 Å². The number of benzene rings is 1. The summed E-state index contributed by atoms with van der Waals surface area (Å²) in [5.74, 6) is 0.465. The van der Waals surface area contributed by atoms with Crippen LogP contribution in [0.1, 0.15) is 0 Å². The first-order valence-electron chi connectivity index (χ1n) is 4.37. The molecule has 14 heavy (non-hydrogen) atoms. The van der Waals surface area contributed by atoms with Crippen molar-refractivity contribution in [2.24, 2.45) is 0 Å². The minimum atomic E-state index is -0.408. The Hall–Kier alpha value is -1.71. The number of para-hydroxylation sites is 2. The summed E-state index contributed by atoms with van der Waals surface area (Å²) in [5.41, 5.74) is 0.828. The minimum Gasteiger partial charge on any atom is -0.489 e. The van der Waals surface area contributed by atoms with Gasteiger partial charge in [0.2, 0.25) is 0 Å². The maximum atomic E-state index is 11.2. The molecule has 2 rings (SSSR count). The molecule has 0 amide bonds. The number of fused-ring (bicyclic) bond motifs is 1. The molecule has 0 saturated heterocycles. The van der Waals surface area contributed by atoms with Crippen molar-refractivity contribution in [3.63, 3.8) is 0 Å². The van der Waals surface area contributed by atoms with Crippen LogP contribution in [0.4, 0.5) is 5.69 Å². The molecule has 0 saturated carbocycles. The number of anilines is 1. The van der Waals surface area contributed by atoms with Gasteiger partial charge in [-0.3, -0.25) is 0 Å². The van der Waals surface area contributed by atoms with Crippen molar-refractivity contribution in [1.29, 1.82) is 0 Å². The lowest BCUT2D eigenvalue weighted by Gasteiger charge is -2.25. The quantitative estimate of drug-likeness (QED) is 0.677. The number of hydrogen-bond acceptors (Lipinski definition) is 4. The van der Waals surface area contributed by atoms with Gasteiger partial charge in [-0.2, -0.15) is 0 Å². The summed E-state index contributed by atoms with van der Waals surface area (Å²) in [6, 6.07) is 7.09. The van der Waals surface area contributed by atoms with Crippen molar-refractivity contribution < 1.29 is 14.3 Å². The molecule has 4 heteroatoms. The van der Waals surface area contributed by atoms with Crippen LogP contribution in [-0.2, 0) is 9.53 Å². The Kier molecular flexibility index (Phi) is 2.26. The highest BCUT2D eigenvalue weighted by Gasteiger charge is 2.25. The molecule has 1 aliphatic heterocycles. The van der Waals surface area contributed by atoms with Gasteiger partial charge in [0.25, 0.3) is 0 Å². The molecule has 0 spiro atoms. The molecule has 1 aromatic carbocycles. The molecular formula is C10H11NO3. The molecule has 1 N–H and O–H groups in total. The van der Waals surface area contributed by atoms with Crippen LogP contribution >= 0.6 is 0 Å². The second kappa shape index (κ2) is 3.57. The van der Waals surface area contributed by atoms with Gasteiger partial charge in [0.1, 0.15) is 12.4 Å². The van der Waals surface area contributed by atoms with E-state index in [2.05, 4.69) is 10.1 Å². The SMILES string of the molecule is COC(=O)[C@@H]1COc2ccccc2N1. The van der Waals surface area contributed by atoms with E-state index in [0.717, 1.165) is 11.4 Å². The first-order valence-corrected chi connectivity index (χ1v) is 4.37. The van der Waals surface area contributed by atoms with E-state index < -0.39 is 6.04 Å². The third kappa shape index (κ3) is 1.51. The van der Waals surface area contributed by atoms with E-state index >= 15 is 0 Å². The smallest absolute Gasteiger partial charge is 0.331 e. The number of esters is 1. The Balaban J connectivity index is 2.17. The lowest BCUT2D eigenvalue weighted by atomic mass is 10.2. The first kappa shape index (κ1) is 8.87. The standard InChI is InChI=1S/C10H11NO3/c1-13-10(12)8-6-14-9-5-3-2-4-7(9)11-8/h2-5,8,11H,6H2,1H3/t8-/m0/s1. The van der Waals surface area contributed by atoms with Crippen molar-refractivity contribution in [2.75, 3.05) is 19.0 Å². The third-order valence-electron chi connectivity index (χ3n) is 2.11. The molecule has 0 fully saturated rings. The molecule has 0 aromatic heterocycles. The van der Waals surface area contributed by atoms with Crippen molar-refractivity contribution >= 4 is 11.7 Å². The Morgan fingerprint density at radius 1 is 1.57 bits per heavy atom. The first-order chi connectivity index (χ1) is 6.81. The molecule has 1 heterocycles. The molecule has 1 aliphatic rings. The highest BCUT2D eigenvalue weighted by molar-refractivity contribution is 5.81. The van der Waals surface area contributed by atoms with Crippen LogP contribution in [0.2, 0.25) is 0 Å². The van der Waals surface area contributed by atoms with Crippen LogP contribution in [0, 0.1) is 0 Å². The highest BCUT2D eigenvalue weighted by atomic mass is 16.5. The average Bonchev–Trinajstić information content (AvgIpc) is 2.27. The molecular weight excluding hydrogens is 182 g/mol. The topological polar surface area (TPSA) is 47.6 Å². The lowest BCUT2D eigenvalue weighted by Crippen LogP contribution is -2.39. The Morgan fingerprint density at radius 3 is 3.14 bits per heavy atom. The molecule has 1 aromatic rings. The summed E-state index contributed by atoms with van der Waals surface area (Å²) in [6.45, 7) is 0.309. The Labute approximate surface area is 81.8 Å². The Bertz CT molecular complexity index is 351. The average molecular weight is 193 g/mol. The normalized spacial score (nSPS) is 18.8. The van der Waals surface area contributed by atoms with E-state index in [9.17, 15) is 4.79 Å². The zero-order valence-electron chi connectivity index (χ0n) is 7.82. The number of carbonyl (C=O) groups is 1. The molecule has 4 nitrogen and oxygen atoms in total. The van der Waals surface area contributed by atoms with Crippen LogP contribution in [0.15, 0.2) is 24.3 Å². The van der Waals surface area contributed by atoms with Gasteiger partial charge in [-0.05, 0) is 12.1 Å². The molecule has 74 valence electrons. The lowest BCUT2D eigenvalue weighted by molar-refractivity contribution is -0.142. The number of ether oxygens (including phenoxy) is 2. The molecule has 0 unspecified atom stereocenters. The predicted molar refractivity (Wildman–Crippen MR) is 51.4 cm³/mol. The van der Waals surface area contributed by atoms with E-state index in [0.29, 0.717) is 6.61 Å². The van der Waals surface area contributed by atoms with Gasteiger partial charge in [0, 0.05) is 0 Å². The van der Waals surface area contributed by atoms with Crippen LogP contribution in [-0.4, -0.2) is 25.7 Å². The zero-order chi connectivity index (χ0) is 9.97. The number of hydrogen-bond donors (Lipinski definition) is 1. The summed E-state index contributed by atoms with van der Waals surface area (Å²) in [7, 11) is 1.37. The largest absolute Gasteiger partial charge is 0.489 e. The highest BCUT2D eigenvalue weighted by Crippen LogP contribution is 2.28. The summed E-state index contributed by atoms with van der Waals surface area (Å²) in [5, 5.41) is 3.05. The third-order valence-corrected chi connectivity index (χ3v) is 2.11. The summed E-state index contributed by atoms with van der Waals surface area (Å²) in [4.78, 5) is 11.2. The molecule has 0 radical (unpaired) electrons. The van der Waals surface area contributed by atoms with E-state index in [1.165, 1.54) is 7.11 Å². The summed E-state index contributed by atoms with van der Waals surface area (Å²) < 4.78 is 10.0. The minimum absolute atomic E-state index is 0.306. The number of carbonyl (C=O) groups excluding carboxylic acids is 1. The van der Waals surface area contributed by atoms with Crippen LogP contribution in [0.5, 0.6) is 5.75 Å².